The standard InChI is InChI=1S/C18H21N3O3S/c1-12-6-5-7-16-17(12)19-18(22)21(25(16,23)24)11-14-8-9-15(20(3)4)13(2)10-14/h5-10H,11H2,1-4H3,(H,19,22). The Morgan fingerprint density at radius 2 is 1.80 bits per heavy atom. The molecule has 0 saturated heterocycles. The highest BCUT2D eigenvalue weighted by Gasteiger charge is 2.37. The molecule has 2 aromatic carbocycles. The molecule has 0 unspecified atom stereocenters. The monoisotopic (exact) mass is 359 g/mol. The van der Waals surface area contributed by atoms with Crippen LogP contribution in [-0.4, -0.2) is 32.8 Å². The predicted octanol–water partition coefficient (Wildman–Crippen LogP) is 3.11. The van der Waals surface area contributed by atoms with E-state index in [1.54, 1.807) is 19.1 Å². The number of rotatable bonds is 3. The minimum atomic E-state index is -3.88. The lowest BCUT2D eigenvalue weighted by Gasteiger charge is -2.30. The molecule has 3 rings (SSSR count). The molecule has 6 nitrogen and oxygen atoms in total. The van der Waals surface area contributed by atoms with Gasteiger partial charge in [-0.3, -0.25) is 0 Å². The average Bonchev–Trinajstić information content (AvgIpc) is 2.52. The van der Waals surface area contributed by atoms with E-state index in [9.17, 15) is 13.2 Å². The Morgan fingerprint density at radius 1 is 1.08 bits per heavy atom. The van der Waals surface area contributed by atoms with E-state index in [1.807, 2.05) is 44.1 Å². The number of amides is 2. The van der Waals surface area contributed by atoms with Gasteiger partial charge in [-0.05, 0) is 42.7 Å². The third kappa shape index (κ3) is 2.95. The van der Waals surface area contributed by atoms with E-state index in [1.165, 1.54) is 6.07 Å². The predicted molar refractivity (Wildman–Crippen MR) is 98.4 cm³/mol. The number of benzene rings is 2. The summed E-state index contributed by atoms with van der Waals surface area (Å²) in [5, 5.41) is 2.70. The molecule has 0 bridgehead atoms. The lowest BCUT2D eigenvalue weighted by Crippen LogP contribution is -2.43. The molecule has 25 heavy (non-hydrogen) atoms. The molecule has 0 saturated carbocycles. The maximum Gasteiger partial charge on any atom is 0.336 e. The molecule has 0 spiro atoms. The smallest absolute Gasteiger partial charge is 0.336 e. The second-order valence-corrected chi connectivity index (χ2v) is 8.24. The summed E-state index contributed by atoms with van der Waals surface area (Å²) in [4.78, 5) is 14.5. The summed E-state index contributed by atoms with van der Waals surface area (Å²) in [6.07, 6.45) is 0. The van der Waals surface area contributed by atoms with Gasteiger partial charge in [-0.2, -0.15) is 0 Å². The highest BCUT2D eigenvalue weighted by Crippen LogP contribution is 2.33. The number of hydrogen-bond donors (Lipinski definition) is 1. The summed E-state index contributed by atoms with van der Waals surface area (Å²) >= 11 is 0. The largest absolute Gasteiger partial charge is 0.377 e. The molecule has 0 aliphatic carbocycles. The Bertz CT molecular complexity index is 952. The highest BCUT2D eigenvalue weighted by molar-refractivity contribution is 7.90. The van der Waals surface area contributed by atoms with Gasteiger partial charge < -0.3 is 10.2 Å². The van der Waals surface area contributed by atoms with Crippen molar-refractivity contribution in [2.24, 2.45) is 0 Å². The summed E-state index contributed by atoms with van der Waals surface area (Å²) in [7, 11) is 0.0153. The van der Waals surface area contributed by atoms with Gasteiger partial charge in [0.2, 0.25) is 0 Å². The molecule has 1 N–H and O–H groups in total. The number of sulfonamides is 1. The van der Waals surface area contributed by atoms with Crippen molar-refractivity contribution in [3.8, 4) is 0 Å². The fraction of sp³-hybridized carbons (Fsp3) is 0.278. The molecular formula is C18H21N3O3S. The number of anilines is 2. The van der Waals surface area contributed by atoms with Crippen molar-refractivity contribution in [1.82, 2.24) is 4.31 Å². The Kier molecular flexibility index (Phi) is 4.20. The zero-order valence-corrected chi connectivity index (χ0v) is 15.5. The lowest BCUT2D eigenvalue weighted by atomic mass is 10.1. The number of carbonyl (C=O) groups excluding carboxylic acids is 1. The van der Waals surface area contributed by atoms with Crippen LogP contribution in [0.1, 0.15) is 16.7 Å². The van der Waals surface area contributed by atoms with Gasteiger partial charge in [-0.25, -0.2) is 17.5 Å². The molecule has 1 aliphatic heterocycles. The van der Waals surface area contributed by atoms with Crippen LogP contribution in [0.3, 0.4) is 0 Å². The van der Waals surface area contributed by atoms with E-state index in [0.717, 1.165) is 26.7 Å². The van der Waals surface area contributed by atoms with E-state index in [2.05, 4.69) is 5.32 Å². The fourth-order valence-corrected chi connectivity index (χ4v) is 4.59. The van der Waals surface area contributed by atoms with Gasteiger partial charge in [-0.15, -0.1) is 0 Å². The van der Waals surface area contributed by atoms with Crippen molar-refractivity contribution in [2.45, 2.75) is 25.3 Å². The van der Waals surface area contributed by atoms with E-state index in [4.69, 9.17) is 0 Å². The summed E-state index contributed by atoms with van der Waals surface area (Å²) in [5.41, 5.74) is 3.92. The Balaban J connectivity index is 1.98. The first-order valence-corrected chi connectivity index (χ1v) is 9.36. The van der Waals surface area contributed by atoms with Crippen LogP contribution in [0.4, 0.5) is 16.2 Å². The normalized spacial score (nSPS) is 15.5. The Labute approximate surface area is 148 Å². The van der Waals surface area contributed by atoms with Crippen LogP contribution in [0.5, 0.6) is 0 Å². The number of nitrogens with zero attached hydrogens (tertiary/aromatic N) is 2. The molecule has 1 heterocycles. The molecule has 2 amide bonds. The lowest BCUT2D eigenvalue weighted by molar-refractivity contribution is 0.233. The third-order valence-electron chi connectivity index (χ3n) is 4.33. The fourth-order valence-electron chi connectivity index (χ4n) is 3.05. The third-order valence-corrected chi connectivity index (χ3v) is 6.10. The zero-order valence-electron chi connectivity index (χ0n) is 14.7. The highest BCUT2D eigenvalue weighted by atomic mass is 32.2. The van der Waals surface area contributed by atoms with Crippen molar-refractivity contribution in [3.05, 3.63) is 53.1 Å². The first-order valence-electron chi connectivity index (χ1n) is 7.92. The van der Waals surface area contributed by atoms with Crippen LogP contribution in [0.15, 0.2) is 41.3 Å². The molecule has 0 radical (unpaired) electrons. The SMILES string of the molecule is Cc1cc(CN2C(=O)Nc3c(C)cccc3S2(=O)=O)ccc1N(C)C. The van der Waals surface area contributed by atoms with Crippen molar-refractivity contribution in [2.75, 3.05) is 24.3 Å². The quantitative estimate of drug-likeness (QED) is 0.914. The molecule has 1 aliphatic rings. The maximum absolute atomic E-state index is 12.9. The minimum absolute atomic E-state index is 0.00387. The first-order chi connectivity index (χ1) is 11.7. The van der Waals surface area contributed by atoms with Gasteiger partial charge in [-0.1, -0.05) is 24.3 Å². The molecule has 0 fully saturated rings. The molecule has 132 valence electrons. The zero-order chi connectivity index (χ0) is 18.4. The Hall–Kier alpha value is -2.54. The molecule has 2 aromatic rings. The summed E-state index contributed by atoms with van der Waals surface area (Å²) in [6, 6.07) is 10.0. The second kappa shape index (κ2) is 6.07. The number of aryl methyl sites for hydroxylation is 2. The van der Waals surface area contributed by atoms with Crippen LogP contribution >= 0.6 is 0 Å². The van der Waals surface area contributed by atoms with E-state index >= 15 is 0 Å². The van der Waals surface area contributed by atoms with Gasteiger partial charge in [0.1, 0.15) is 4.90 Å². The van der Waals surface area contributed by atoms with Crippen LogP contribution in [0.2, 0.25) is 0 Å². The summed E-state index contributed by atoms with van der Waals surface area (Å²) in [5.74, 6) is 0. The minimum Gasteiger partial charge on any atom is -0.377 e. The second-order valence-electron chi connectivity index (χ2n) is 6.41. The van der Waals surface area contributed by atoms with Gasteiger partial charge in [0.15, 0.2) is 0 Å². The number of para-hydroxylation sites is 1. The van der Waals surface area contributed by atoms with E-state index in [-0.39, 0.29) is 11.4 Å². The number of fused-ring (bicyclic) bond motifs is 1. The number of hydrogen-bond acceptors (Lipinski definition) is 4. The van der Waals surface area contributed by atoms with Crippen LogP contribution in [0, 0.1) is 13.8 Å². The van der Waals surface area contributed by atoms with E-state index in [0.29, 0.717) is 5.69 Å². The maximum atomic E-state index is 12.9. The van der Waals surface area contributed by atoms with Crippen LogP contribution < -0.4 is 10.2 Å². The summed E-state index contributed by atoms with van der Waals surface area (Å²) in [6.45, 7) is 3.73. The van der Waals surface area contributed by atoms with Gasteiger partial charge in [0.25, 0.3) is 10.0 Å². The average molecular weight is 359 g/mol. The molecular weight excluding hydrogens is 338 g/mol. The van der Waals surface area contributed by atoms with Gasteiger partial charge in [0.05, 0.1) is 12.2 Å². The van der Waals surface area contributed by atoms with Crippen molar-refractivity contribution in [1.29, 1.82) is 0 Å². The summed E-state index contributed by atoms with van der Waals surface area (Å²) < 4.78 is 26.7. The molecule has 0 aromatic heterocycles. The van der Waals surface area contributed by atoms with Crippen molar-refractivity contribution >= 4 is 27.4 Å². The van der Waals surface area contributed by atoms with Gasteiger partial charge in [0, 0.05) is 19.8 Å². The molecule has 7 heteroatoms. The number of nitrogens with one attached hydrogen (secondary N) is 1. The van der Waals surface area contributed by atoms with E-state index < -0.39 is 16.1 Å². The Morgan fingerprint density at radius 3 is 2.44 bits per heavy atom. The molecule has 0 atom stereocenters. The van der Waals surface area contributed by atoms with Gasteiger partial charge >= 0.3 is 6.03 Å². The number of carbonyl (C=O) groups is 1. The topological polar surface area (TPSA) is 69.7 Å². The van der Waals surface area contributed by atoms with Crippen LogP contribution in [-0.2, 0) is 16.6 Å². The van der Waals surface area contributed by atoms with Crippen molar-refractivity contribution < 1.29 is 13.2 Å². The first kappa shape index (κ1) is 17.3. The van der Waals surface area contributed by atoms with Crippen LogP contribution in [0.25, 0.3) is 0 Å². The number of urea groups is 1. The van der Waals surface area contributed by atoms with Crippen molar-refractivity contribution in [3.63, 3.8) is 0 Å².